The second kappa shape index (κ2) is 7.20. The van der Waals surface area contributed by atoms with Crippen molar-refractivity contribution in [2.24, 2.45) is 0 Å². The quantitative estimate of drug-likeness (QED) is 0.383. The van der Waals surface area contributed by atoms with Gasteiger partial charge in [-0.3, -0.25) is 0 Å². The molecule has 4 heteroatoms. The van der Waals surface area contributed by atoms with Crippen LogP contribution in [0.3, 0.4) is 0 Å². The molecular weight excluding hydrogens is 380 g/mol. The summed E-state index contributed by atoms with van der Waals surface area (Å²) in [4.78, 5) is 3.41. The maximum atomic E-state index is 10.1. The third-order valence-corrected chi connectivity index (χ3v) is 5.55. The molecule has 0 aliphatic rings. The van der Waals surface area contributed by atoms with Crippen LogP contribution in [-0.4, -0.2) is 4.98 Å². The molecule has 0 unspecified atom stereocenters. The van der Waals surface area contributed by atoms with Gasteiger partial charge in [0.15, 0.2) is 0 Å². The van der Waals surface area contributed by atoms with E-state index in [9.17, 15) is 5.26 Å². The molecular formula is C27H14N4. The second-order valence-electron chi connectivity index (χ2n) is 7.29. The monoisotopic (exact) mass is 394 g/mol. The first-order valence-electron chi connectivity index (χ1n) is 9.71. The summed E-state index contributed by atoms with van der Waals surface area (Å²) in [5.74, 6) is 0. The molecule has 0 aliphatic heterocycles. The first-order chi connectivity index (χ1) is 15.2. The number of H-pyrrole nitrogens is 1. The normalized spacial score (nSPS) is 10.5. The average molecular weight is 394 g/mol. The predicted octanol–water partition coefficient (Wildman–Crippen LogP) is 6.27. The highest BCUT2D eigenvalue weighted by Crippen LogP contribution is 2.36. The van der Waals surface area contributed by atoms with E-state index < -0.39 is 0 Å². The molecule has 0 fully saturated rings. The van der Waals surface area contributed by atoms with Crippen LogP contribution in [0.1, 0.15) is 16.7 Å². The van der Waals surface area contributed by atoms with Gasteiger partial charge in [-0.25, -0.2) is 0 Å². The SMILES string of the molecule is N#Cc1ccc(-c2ccc3[nH]c4ccc(-c5ccc(C#N)cc5)c(C#N)c4c3c2)cc1. The topological polar surface area (TPSA) is 87.2 Å². The Morgan fingerprint density at radius 3 is 1.74 bits per heavy atom. The predicted molar refractivity (Wildman–Crippen MR) is 121 cm³/mol. The Balaban J connectivity index is 1.74. The van der Waals surface area contributed by atoms with E-state index in [-0.39, 0.29) is 0 Å². The maximum Gasteiger partial charge on any atom is 0.101 e. The molecule has 5 aromatic rings. The molecule has 0 atom stereocenters. The van der Waals surface area contributed by atoms with E-state index >= 15 is 0 Å². The molecule has 1 N–H and O–H groups in total. The van der Waals surface area contributed by atoms with Gasteiger partial charge in [0.2, 0.25) is 0 Å². The number of nitrogens with zero attached hydrogens (tertiary/aromatic N) is 3. The van der Waals surface area contributed by atoms with Crippen LogP contribution in [0.5, 0.6) is 0 Å². The molecule has 31 heavy (non-hydrogen) atoms. The van der Waals surface area contributed by atoms with Crippen molar-refractivity contribution >= 4 is 21.8 Å². The molecule has 1 heterocycles. The van der Waals surface area contributed by atoms with Gasteiger partial charge in [-0.05, 0) is 59.2 Å². The Morgan fingerprint density at radius 1 is 0.548 bits per heavy atom. The van der Waals surface area contributed by atoms with Gasteiger partial charge in [0, 0.05) is 27.4 Å². The smallest absolute Gasteiger partial charge is 0.101 e. The Labute approximate surface area is 178 Å². The number of nitriles is 3. The molecule has 0 aliphatic carbocycles. The number of aromatic nitrogens is 1. The molecule has 4 aromatic carbocycles. The minimum absolute atomic E-state index is 0.586. The maximum absolute atomic E-state index is 10.1. The Bertz CT molecular complexity index is 1580. The minimum atomic E-state index is 0.586. The molecule has 0 saturated heterocycles. The highest BCUT2D eigenvalue weighted by atomic mass is 14.7. The summed E-state index contributed by atoms with van der Waals surface area (Å²) in [6.07, 6.45) is 0. The van der Waals surface area contributed by atoms with E-state index in [4.69, 9.17) is 10.5 Å². The Morgan fingerprint density at radius 2 is 1.13 bits per heavy atom. The van der Waals surface area contributed by atoms with Crippen LogP contribution < -0.4 is 0 Å². The van der Waals surface area contributed by atoms with Crippen LogP contribution in [0.15, 0.2) is 78.9 Å². The van der Waals surface area contributed by atoms with Gasteiger partial charge in [0.1, 0.15) is 6.07 Å². The van der Waals surface area contributed by atoms with Crippen LogP contribution in [0, 0.1) is 34.0 Å². The minimum Gasteiger partial charge on any atom is -0.354 e. The van der Waals surface area contributed by atoms with Crippen molar-refractivity contribution in [2.75, 3.05) is 0 Å². The lowest BCUT2D eigenvalue weighted by Gasteiger charge is -2.07. The molecule has 0 radical (unpaired) electrons. The first-order valence-corrected chi connectivity index (χ1v) is 9.71. The summed E-state index contributed by atoms with van der Waals surface area (Å²) in [5, 5.41) is 30.0. The van der Waals surface area contributed by atoms with E-state index in [1.807, 2.05) is 48.5 Å². The molecule has 4 nitrogen and oxygen atoms in total. The van der Waals surface area contributed by atoms with Crippen molar-refractivity contribution in [1.29, 1.82) is 15.8 Å². The van der Waals surface area contributed by atoms with Crippen molar-refractivity contribution in [3.63, 3.8) is 0 Å². The zero-order valence-corrected chi connectivity index (χ0v) is 16.3. The average Bonchev–Trinajstić information content (AvgIpc) is 3.21. The van der Waals surface area contributed by atoms with Gasteiger partial charge in [0.05, 0.1) is 28.8 Å². The molecule has 0 amide bonds. The largest absolute Gasteiger partial charge is 0.354 e. The van der Waals surface area contributed by atoms with Crippen molar-refractivity contribution in [1.82, 2.24) is 4.98 Å². The lowest BCUT2D eigenvalue weighted by atomic mass is 9.94. The molecule has 142 valence electrons. The zero-order chi connectivity index (χ0) is 21.4. The summed E-state index contributed by atoms with van der Waals surface area (Å²) < 4.78 is 0. The van der Waals surface area contributed by atoms with Gasteiger partial charge < -0.3 is 4.98 Å². The van der Waals surface area contributed by atoms with E-state index in [1.54, 1.807) is 24.3 Å². The summed E-state index contributed by atoms with van der Waals surface area (Å²) in [5.41, 5.74) is 7.44. The lowest BCUT2D eigenvalue weighted by Crippen LogP contribution is -1.87. The molecule has 0 saturated carbocycles. The highest BCUT2D eigenvalue weighted by Gasteiger charge is 2.15. The fourth-order valence-electron chi connectivity index (χ4n) is 3.99. The third kappa shape index (κ3) is 2.99. The number of fused-ring (bicyclic) bond motifs is 3. The fourth-order valence-corrected chi connectivity index (χ4v) is 3.99. The summed E-state index contributed by atoms with van der Waals surface area (Å²) in [6.45, 7) is 0. The van der Waals surface area contributed by atoms with Crippen LogP contribution in [-0.2, 0) is 0 Å². The van der Waals surface area contributed by atoms with Gasteiger partial charge in [-0.2, -0.15) is 15.8 Å². The number of rotatable bonds is 2. The van der Waals surface area contributed by atoms with Gasteiger partial charge in [-0.15, -0.1) is 0 Å². The summed E-state index contributed by atoms with van der Waals surface area (Å²) in [6, 6.07) is 31.5. The van der Waals surface area contributed by atoms with Crippen molar-refractivity contribution < 1.29 is 0 Å². The number of hydrogen-bond acceptors (Lipinski definition) is 3. The Kier molecular flexibility index (Phi) is 4.22. The van der Waals surface area contributed by atoms with Crippen molar-refractivity contribution in [2.45, 2.75) is 0 Å². The molecule has 1 aromatic heterocycles. The fraction of sp³-hybridized carbons (Fsp3) is 0. The number of hydrogen-bond donors (Lipinski definition) is 1. The van der Waals surface area contributed by atoms with Gasteiger partial charge in [0.25, 0.3) is 0 Å². The lowest BCUT2D eigenvalue weighted by molar-refractivity contribution is 1.47. The van der Waals surface area contributed by atoms with E-state index in [0.717, 1.165) is 44.1 Å². The second-order valence-corrected chi connectivity index (χ2v) is 7.29. The molecule has 5 rings (SSSR count). The van der Waals surface area contributed by atoms with Crippen molar-refractivity contribution in [3.05, 3.63) is 95.6 Å². The third-order valence-electron chi connectivity index (χ3n) is 5.55. The summed E-state index contributed by atoms with van der Waals surface area (Å²) in [7, 11) is 0. The first kappa shape index (κ1) is 18.2. The van der Waals surface area contributed by atoms with Crippen molar-refractivity contribution in [3.8, 4) is 40.5 Å². The van der Waals surface area contributed by atoms with Crippen LogP contribution in [0.25, 0.3) is 44.1 Å². The van der Waals surface area contributed by atoms with E-state index in [2.05, 4.69) is 29.3 Å². The number of aromatic amines is 1. The van der Waals surface area contributed by atoms with Crippen LogP contribution >= 0.6 is 0 Å². The van der Waals surface area contributed by atoms with Gasteiger partial charge in [-0.1, -0.05) is 36.4 Å². The molecule has 0 bridgehead atoms. The number of nitrogens with one attached hydrogen (secondary N) is 1. The Hall–Kier alpha value is -4.85. The van der Waals surface area contributed by atoms with E-state index in [1.165, 1.54) is 0 Å². The zero-order valence-electron chi connectivity index (χ0n) is 16.3. The molecule has 0 spiro atoms. The van der Waals surface area contributed by atoms with Crippen LogP contribution in [0.4, 0.5) is 0 Å². The van der Waals surface area contributed by atoms with Crippen LogP contribution in [0.2, 0.25) is 0 Å². The summed E-state index contributed by atoms with van der Waals surface area (Å²) >= 11 is 0. The van der Waals surface area contributed by atoms with E-state index in [0.29, 0.717) is 16.7 Å². The van der Waals surface area contributed by atoms with Gasteiger partial charge >= 0.3 is 0 Å². The number of benzene rings is 4. The highest BCUT2D eigenvalue weighted by molar-refractivity contribution is 6.13. The standard InChI is InChI=1S/C27H14N4/c28-14-17-1-5-19(6-2-17)21-9-11-25-23(13-21)27-24(16-30)22(10-12-26(27)31-25)20-7-3-18(15-29)4-8-20/h1-13,31H.